The van der Waals surface area contributed by atoms with E-state index in [-0.39, 0.29) is 13.4 Å². The van der Waals surface area contributed by atoms with Crippen LogP contribution in [-0.4, -0.2) is 15.5 Å². The predicted molar refractivity (Wildman–Crippen MR) is 137 cm³/mol. The number of imidazole rings is 1. The molecule has 4 nitrogen and oxygen atoms in total. The maximum absolute atomic E-state index is 13.7. The van der Waals surface area contributed by atoms with Crippen molar-refractivity contribution in [2.75, 3.05) is 0 Å². The average Bonchev–Trinajstić information content (AvgIpc) is 3.25. The van der Waals surface area contributed by atoms with Gasteiger partial charge in [-0.25, -0.2) is 4.98 Å². The lowest BCUT2D eigenvalue weighted by Gasteiger charge is -2.17. The van der Waals surface area contributed by atoms with Crippen molar-refractivity contribution in [3.63, 3.8) is 0 Å². The Kier molecular flexibility index (Phi) is 6.74. The molecule has 3 aromatic carbocycles. The van der Waals surface area contributed by atoms with E-state index >= 15 is 0 Å². The Labute approximate surface area is 197 Å². The van der Waals surface area contributed by atoms with Crippen LogP contribution < -0.4 is 5.32 Å². The molecule has 0 saturated heterocycles. The molecule has 0 fully saturated rings. The minimum Gasteiger partial charge on any atom is -0.344 e. The molecule has 0 bridgehead atoms. The molecule has 0 aliphatic carbocycles. The topological polar surface area (TPSA) is 46.9 Å². The number of hydrogen-bond donors (Lipinski definition) is 1. The molecule has 4 heteroatoms. The number of carbonyl (C=O) groups excluding carboxylic acids is 1. The molecule has 1 atom stereocenters. The lowest BCUT2D eigenvalue weighted by Crippen LogP contribution is -2.29. The number of rotatable bonds is 7. The number of nitrogens with one attached hydrogen (secondary N) is 1. The first-order valence-corrected chi connectivity index (χ1v) is 11.6. The van der Waals surface area contributed by atoms with Gasteiger partial charge in [-0.05, 0) is 37.0 Å². The van der Waals surface area contributed by atoms with Gasteiger partial charge in [0.15, 0.2) is 0 Å². The Bertz CT molecular complexity index is 1230. The molecular weight excluding hydrogens is 406 g/mol. The summed E-state index contributed by atoms with van der Waals surface area (Å²) >= 11 is 0. The van der Waals surface area contributed by atoms with Crippen molar-refractivity contribution in [2.45, 2.75) is 46.2 Å². The van der Waals surface area contributed by atoms with Gasteiger partial charge in [-0.15, -0.1) is 0 Å². The molecule has 4 rings (SSSR count). The fourth-order valence-corrected chi connectivity index (χ4v) is 4.13. The molecule has 0 radical (unpaired) electrons. The second-order valence-electron chi connectivity index (χ2n) is 8.63. The van der Waals surface area contributed by atoms with E-state index in [2.05, 4.69) is 38.2 Å². The summed E-state index contributed by atoms with van der Waals surface area (Å²) in [5.74, 6) is 1.08. The first-order valence-electron chi connectivity index (χ1n) is 11.6. The van der Waals surface area contributed by atoms with E-state index < -0.39 is 0 Å². The van der Waals surface area contributed by atoms with Crippen molar-refractivity contribution in [1.82, 2.24) is 14.9 Å². The van der Waals surface area contributed by atoms with Crippen LogP contribution >= 0.6 is 0 Å². The van der Waals surface area contributed by atoms with E-state index in [0.29, 0.717) is 18.2 Å². The SMILES string of the molecule is CCn1c(-c2ccccc2)nc(-c2cccc(C(C)C)c2)c1C(=O)N[C@H](C)c1ccccc1.[HH]. The molecule has 0 spiro atoms. The van der Waals surface area contributed by atoms with Gasteiger partial charge >= 0.3 is 0 Å². The summed E-state index contributed by atoms with van der Waals surface area (Å²) in [6.45, 7) is 9.06. The first-order chi connectivity index (χ1) is 16.0. The van der Waals surface area contributed by atoms with Crippen molar-refractivity contribution < 1.29 is 6.22 Å². The number of benzene rings is 3. The minimum atomic E-state index is -0.118. The quantitative estimate of drug-likeness (QED) is 0.334. The van der Waals surface area contributed by atoms with Crippen molar-refractivity contribution in [3.05, 3.63) is 102 Å². The van der Waals surface area contributed by atoms with Crippen molar-refractivity contribution in [1.29, 1.82) is 0 Å². The fraction of sp³-hybridized carbons (Fsp3) is 0.241. The summed E-state index contributed by atoms with van der Waals surface area (Å²) in [6, 6.07) is 28.3. The highest BCUT2D eigenvalue weighted by Crippen LogP contribution is 2.31. The maximum atomic E-state index is 13.7. The molecule has 1 aromatic heterocycles. The maximum Gasteiger partial charge on any atom is 0.270 e. The fourth-order valence-electron chi connectivity index (χ4n) is 4.13. The van der Waals surface area contributed by atoms with Crippen LogP contribution in [0.1, 0.15) is 62.7 Å². The second kappa shape index (κ2) is 9.86. The van der Waals surface area contributed by atoms with Gasteiger partial charge in [-0.2, -0.15) is 0 Å². The Hall–Kier alpha value is -3.66. The first kappa shape index (κ1) is 22.5. The van der Waals surface area contributed by atoms with E-state index in [0.717, 1.165) is 28.2 Å². The highest BCUT2D eigenvalue weighted by atomic mass is 16.2. The van der Waals surface area contributed by atoms with Gasteiger partial charge in [0, 0.05) is 19.1 Å². The molecular formula is C29H33N3O. The van der Waals surface area contributed by atoms with Gasteiger partial charge in [0.2, 0.25) is 0 Å². The summed E-state index contributed by atoms with van der Waals surface area (Å²) in [7, 11) is 0. The predicted octanol–water partition coefficient (Wildman–Crippen LogP) is 7.10. The molecule has 1 N–H and O–H groups in total. The van der Waals surface area contributed by atoms with Crippen LogP contribution in [-0.2, 0) is 6.54 Å². The molecule has 0 unspecified atom stereocenters. The number of aromatic nitrogens is 2. The normalized spacial score (nSPS) is 12.0. The van der Waals surface area contributed by atoms with Crippen LogP contribution in [0.15, 0.2) is 84.9 Å². The molecule has 33 heavy (non-hydrogen) atoms. The van der Waals surface area contributed by atoms with Crippen molar-refractivity contribution >= 4 is 5.91 Å². The summed E-state index contributed by atoms with van der Waals surface area (Å²) < 4.78 is 2.03. The smallest absolute Gasteiger partial charge is 0.270 e. The third-order valence-electron chi connectivity index (χ3n) is 6.00. The summed E-state index contributed by atoms with van der Waals surface area (Å²) in [4.78, 5) is 18.7. The van der Waals surface area contributed by atoms with E-state index in [1.54, 1.807) is 0 Å². The number of carbonyl (C=O) groups is 1. The van der Waals surface area contributed by atoms with Gasteiger partial charge in [-0.1, -0.05) is 92.7 Å². The number of hydrogen-bond acceptors (Lipinski definition) is 2. The Morgan fingerprint density at radius 3 is 2.12 bits per heavy atom. The van der Waals surface area contributed by atoms with Gasteiger partial charge in [0.1, 0.15) is 17.2 Å². The Morgan fingerprint density at radius 2 is 1.48 bits per heavy atom. The minimum absolute atomic E-state index is 0. The van der Waals surface area contributed by atoms with Gasteiger partial charge in [0.25, 0.3) is 5.91 Å². The average molecular weight is 440 g/mol. The molecule has 0 saturated carbocycles. The number of amides is 1. The highest BCUT2D eigenvalue weighted by molar-refractivity contribution is 5.99. The zero-order chi connectivity index (χ0) is 23.4. The lowest BCUT2D eigenvalue weighted by molar-refractivity contribution is 0.0931. The molecule has 0 aliphatic rings. The van der Waals surface area contributed by atoms with Crippen LogP contribution in [0.3, 0.4) is 0 Å². The van der Waals surface area contributed by atoms with E-state index in [4.69, 9.17) is 4.98 Å². The molecule has 1 amide bonds. The lowest BCUT2D eigenvalue weighted by atomic mass is 9.99. The Balaban J connectivity index is 0.00000324. The highest BCUT2D eigenvalue weighted by Gasteiger charge is 2.25. The van der Waals surface area contributed by atoms with Crippen LogP contribution in [0.4, 0.5) is 0 Å². The summed E-state index contributed by atoms with van der Waals surface area (Å²) in [5, 5.41) is 3.20. The summed E-state index contributed by atoms with van der Waals surface area (Å²) in [5.41, 5.74) is 5.57. The van der Waals surface area contributed by atoms with Gasteiger partial charge in [0.05, 0.1) is 6.04 Å². The standard InChI is InChI=1S/C29H31N3O.H2/c1-5-32-27(29(33)30-21(4)22-13-8-6-9-14-22)26(25-18-12-17-24(19-25)20(2)3)31-28(32)23-15-10-7-11-16-23;/h6-21H,5H2,1-4H3,(H,30,33);1H/t21-;/m1./s1. The van der Waals surface area contributed by atoms with Gasteiger partial charge < -0.3 is 9.88 Å². The largest absolute Gasteiger partial charge is 0.344 e. The van der Waals surface area contributed by atoms with Crippen LogP contribution in [0.2, 0.25) is 0 Å². The van der Waals surface area contributed by atoms with E-state index in [1.165, 1.54) is 5.56 Å². The zero-order valence-electron chi connectivity index (χ0n) is 19.7. The van der Waals surface area contributed by atoms with Crippen LogP contribution in [0, 0.1) is 0 Å². The second-order valence-corrected chi connectivity index (χ2v) is 8.63. The molecule has 1 heterocycles. The van der Waals surface area contributed by atoms with Crippen LogP contribution in [0.5, 0.6) is 0 Å². The van der Waals surface area contributed by atoms with Gasteiger partial charge in [-0.3, -0.25) is 4.79 Å². The Morgan fingerprint density at radius 1 is 0.879 bits per heavy atom. The van der Waals surface area contributed by atoms with E-state index in [1.807, 2.05) is 84.3 Å². The molecule has 0 aliphatic heterocycles. The monoisotopic (exact) mass is 439 g/mol. The summed E-state index contributed by atoms with van der Waals surface area (Å²) in [6.07, 6.45) is 0. The third-order valence-corrected chi connectivity index (χ3v) is 6.00. The molecule has 170 valence electrons. The van der Waals surface area contributed by atoms with Crippen LogP contribution in [0.25, 0.3) is 22.6 Å². The van der Waals surface area contributed by atoms with Crippen molar-refractivity contribution in [2.24, 2.45) is 0 Å². The van der Waals surface area contributed by atoms with Crippen molar-refractivity contribution in [3.8, 4) is 22.6 Å². The number of nitrogens with zero attached hydrogens (tertiary/aromatic N) is 2. The third kappa shape index (κ3) is 4.75. The molecule has 4 aromatic rings. The van der Waals surface area contributed by atoms with E-state index in [9.17, 15) is 4.79 Å². The zero-order valence-corrected chi connectivity index (χ0v) is 19.7.